The van der Waals surface area contributed by atoms with E-state index in [1.807, 2.05) is 0 Å². The number of rotatable bonds is 5. The van der Waals surface area contributed by atoms with E-state index in [-0.39, 0.29) is 35.5 Å². The van der Waals surface area contributed by atoms with Crippen LogP contribution in [0.15, 0.2) is 36.4 Å². The molecule has 162 valence electrons. The first-order valence-electron chi connectivity index (χ1n) is 9.12. The average Bonchev–Trinajstić information content (AvgIpc) is 3.14. The number of methoxy groups -OCH3 is 2. The van der Waals surface area contributed by atoms with Crippen molar-refractivity contribution in [1.82, 2.24) is 0 Å². The SMILES string of the molecule is COC(=O)c1ccc(C(=O)OC)c(NC(=O)C2CC(=O)N(c3ccc(F)cc3F)C2)c1. The van der Waals surface area contributed by atoms with E-state index in [0.29, 0.717) is 6.07 Å². The molecule has 10 heteroatoms. The van der Waals surface area contributed by atoms with Crippen LogP contribution in [0.5, 0.6) is 0 Å². The van der Waals surface area contributed by atoms with E-state index in [1.165, 1.54) is 25.3 Å². The Bertz CT molecular complexity index is 1070. The lowest BCUT2D eigenvalue weighted by Crippen LogP contribution is -2.29. The van der Waals surface area contributed by atoms with Gasteiger partial charge in [0.15, 0.2) is 0 Å². The molecule has 1 fully saturated rings. The molecule has 2 aromatic carbocycles. The van der Waals surface area contributed by atoms with Crippen LogP contribution in [-0.2, 0) is 19.1 Å². The van der Waals surface area contributed by atoms with Crippen LogP contribution >= 0.6 is 0 Å². The van der Waals surface area contributed by atoms with Crippen LogP contribution in [0.25, 0.3) is 0 Å². The number of esters is 2. The molecule has 1 aliphatic heterocycles. The van der Waals surface area contributed by atoms with Gasteiger partial charge in [0.05, 0.1) is 42.6 Å². The summed E-state index contributed by atoms with van der Waals surface area (Å²) in [7, 11) is 2.34. The quantitative estimate of drug-likeness (QED) is 0.729. The maximum Gasteiger partial charge on any atom is 0.339 e. The molecule has 2 amide bonds. The normalized spacial score (nSPS) is 15.5. The second-order valence-electron chi connectivity index (χ2n) is 6.73. The zero-order valence-electron chi connectivity index (χ0n) is 16.6. The Labute approximate surface area is 175 Å². The third-order valence-corrected chi connectivity index (χ3v) is 4.80. The van der Waals surface area contributed by atoms with E-state index in [2.05, 4.69) is 14.8 Å². The molecule has 1 aliphatic rings. The zero-order chi connectivity index (χ0) is 22.7. The predicted octanol–water partition coefficient (Wildman–Crippen LogP) is 2.53. The van der Waals surface area contributed by atoms with Gasteiger partial charge in [-0.1, -0.05) is 0 Å². The summed E-state index contributed by atoms with van der Waals surface area (Å²) in [6.45, 7) is -0.141. The van der Waals surface area contributed by atoms with E-state index in [0.717, 1.165) is 24.1 Å². The predicted molar refractivity (Wildman–Crippen MR) is 105 cm³/mol. The monoisotopic (exact) mass is 432 g/mol. The zero-order valence-corrected chi connectivity index (χ0v) is 16.6. The summed E-state index contributed by atoms with van der Waals surface area (Å²) in [6, 6.07) is 6.68. The highest BCUT2D eigenvalue weighted by atomic mass is 19.1. The van der Waals surface area contributed by atoms with Gasteiger partial charge >= 0.3 is 11.9 Å². The average molecular weight is 432 g/mol. The largest absolute Gasteiger partial charge is 0.465 e. The molecule has 2 aromatic rings. The Balaban J connectivity index is 1.83. The molecule has 1 saturated heterocycles. The van der Waals surface area contributed by atoms with Gasteiger partial charge in [0.2, 0.25) is 11.8 Å². The molecule has 3 rings (SSSR count). The van der Waals surface area contributed by atoms with Crippen LogP contribution in [0.4, 0.5) is 20.2 Å². The van der Waals surface area contributed by atoms with Gasteiger partial charge in [0.1, 0.15) is 11.6 Å². The highest BCUT2D eigenvalue weighted by Gasteiger charge is 2.36. The number of hydrogen-bond donors (Lipinski definition) is 1. The molecule has 0 radical (unpaired) electrons. The molecular weight excluding hydrogens is 414 g/mol. The molecule has 0 saturated carbocycles. The van der Waals surface area contributed by atoms with Crippen molar-refractivity contribution in [2.45, 2.75) is 6.42 Å². The standard InChI is InChI=1S/C21H18F2N2O6/c1-30-20(28)11-3-5-14(21(29)31-2)16(7-11)24-19(27)12-8-18(26)25(10-12)17-6-4-13(22)9-15(17)23/h3-7,9,12H,8,10H2,1-2H3,(H,24,27). The smallest absolute Gasteiger partial charge is 0.339 e. The third-order valence-electron chi connectivity index (χ3n) is 4.80. The molecule has 8 nitrogen and oxygen atoms in total. The summed E-state index contributed by atoms with van der Waals surface area (Å²) in [4.78, 5) is 50.0. The summed E-state index contributed by atoms with van der Waals surface area (Å²) in [6.07, 6.45) is -0.215. The minimum absolute atomic E-state index is 0.00129. The highest BCUT2D eigenvalue weighted by molar-refractivity contribution is 6.07. The van der Waals surface area contributed by atoms with Crippen molar-refractivity contribution in [1.29, 1.82) is 0 Å². The number of nitrogens with one attached hydrogen (secondary N) is 1. The number of benzene rings is 2. The Morgan fingerprint density at radius 1 is 1.03 bits per heavy atom. The minimum Gasteiger partial charge on any atom is -0.465 e. The van der Waals surface area contributed by atoms with Gasteiger partial charge in [-0.2, -0.15) is 0 Å². The summed E-state index contributed by atoms with van der Waals surface area (Å²) >= 11 is 0. The topological polar surface area (TPSA) is 102 Å². The van der Waals surface area contributed by atoms with Gasteiger partial charge in [0.25, 0.3) is 0 Å². The fraction of sp³-hybridized carbons (Fsp3) is 0.238. The van der Waals surface area contributed by atoms with Crippen molar-refractivity contribution >= 4 is 35.1 Å². The third kappa shape index (κ3) is 4.52. The first kappa shape index (κ1) is 21.9. The number of carbonyl (C=O) groups excluding carboxylic acids is 4. The fourth-order valence-corrected chi connectivity index (χ4v) is 3.23. The van der Waals surface area contributed by atoms with Gasteiger partial charge < -0.3 is 19.7 Å². The lowest BCUT2D eigenvalue weighted by Gasteiger charge is -2.18. The molecule has 1 N–H and O–H groups in total. The van der Waals surface area contributed by atoms with Crippen LogP contribution in [0, 0.1) is 17.6 Å². The van der Waals surface area contributed by atoms with Crippen LogP contribution in [0.2, 0.25) is 0 Å². The van der Waals surface area contributed by atoms with Crippen molar-refractivity contribution in [2.24, 2.45) is 5.92 Å². The van der Waals surface area contributed by atoms with E-state index in [4.69, 9.17) is 0 Å². The molecule has 0 aliphatic carbocycles. The summed E-state index contributed by atoms with van der Waals surface area (Å²) < 4.78 is 36.5. The Kier molecular flexibility index (Phi) is 6.28. The number of carbonyl (C=O) groups is 4. The molecule has 0 aromatic heterocycles. The fourth-order valence-electron chi connectivity index (χ4n) is 3.23. The number of ether oxygens (including phenoxy) is 2. The Morgan fingerprint density at radius 2 is 1.74 bits per heavy atom. The second kappa shape index (κ2) is 8.90. The van der Waals surface area contributed by atoms with Crippen LogP contribution < -0.4 is 10.2 Å². The van der Waals surface area contributed by atoms with Gasteiger partial charge in [-0.15, -0.1) is 0 Å². The van der Waals surface area contributed by atoms with Crippen molar-refractivity contribution < 1.29 is 37.4 Å². The van der Waals surface area contributed by atoms with Crippen molar-refractivity contribution in [3.63, 3.8) is 0 Å². The van der Waals surface area contributed by atoms with E-state index < -0.39 is 41.3 Å². The lowest BCUT2D eigenvalue weighted by atomic mass is 10.1. The number of amides is 2. The lowest BCUT2D eigenvalue weighted by molar-refractivity contribution is -0.122. The first-order valence-corrected chi connectivity index (χ1v) is 9.12. The van der Waals surface area contributed by atoms with Crippen molar-refractivity contribution in [3.05, 3.63) is 59.2 Å². The molecule has 0 spiro atoms. The van der Waals surface area contributed by atoms with Crippen molar-refractivity contribution in [3.8, 4) is 0 Å². The molecule has 0 bridgehead atoms. The number of anilines is 2. The van der Waals surface area contributed by atoms with Crippen LogP contribution in [0.3, 0.4) is 0 Å². The second-order valence-corrected chi connectivity index (χ2v) is 6.73. The number of hydrogen-bond acceptors (Lipinski definition) is 6. The highest BCUT2D eigenvalue weighted by Crippen LogP contribution is 2.29. The van der Waals surface area contributed by atoms with E-state index >= 15 is 0 Å². The van der Waals surface area contributed by atoms with Gasteiger partial charge in [-0.25, -0.2) is 18.4 Å². The molecule has 1 unspecified atom stereocenters. The Morgan fingerprint density at radius 3 is 2.39 bits per heavy atom. The van der Waals surface area contributed by atoms with Crippen molar-refractivity contribution in [2.75, 3.05) is 31.0 Å². The number of nitrogens with zero attached hydrogens (tertiary/aromatic N) is 1. The van der Waals surface area contributed by atoms with Gasteiger partial charge in [0, 0.05) is 19.0 Å². The van der Waals surface area contributed by atoms with E-state index in [9.17, 15) is 28.0 Å². The molecular formula is C21H18F2N2O6. The van der Waals surface area contributed by atoms with E-state index in [1.54, 1.807) is 0 Å². The van der Waals surface area contributed by atoms with Gasteiger partial charge in [-0.3, -0.25) is 9.59 Å². The minimum atomic E-state index is -0.923. The molecule has 1 atom stereocenters. The molecule has 31 heavy (non-hydrogen) atoms. The van der Waals surface area contributed by atoms with Crippen LogP contribution in [0.1, 0.15) is 27.1 Å². The van der Waals surface area contributed by atoms with Crippen LogP contribution in [-0.4, -0.2) is 44.5 Å². The Hall–Kier alpha value is -3.82. The maximum atomic E-state index is 14.1. The maximum absolute atomic E-state index is 14.1. The summed E-state index contributed by atoms with van der Waals surface area (Å²) in [5.74, 6) is -5.14. The molecule has 1 heterocycles. The number of halogens is 2. The first-order chi connectivity index (χ1) is 14.7. The summed E-state index contributed by atoms with van der Waals surface area (Å²) in [5, 5.41) is 2.52. The summed E-state index contributed by atoms with van der Waals surface area (Å²) in [5.41, 5.74) is -0.0551. The van der Waals surface area contributed by atoms with Gasteiger partial charge in [-0.05, 0) is 30.3 Å².